The van der Waals surface area contributed by atoms with Crippen LogP contribution in [0.5, 0.6) is 0 Å². The molecule has 0 spiro atoms. The van der Waals surface area contributed by atoms with E-state index in [1.807, 2.05) is 0 Å². The summed E-state index contributed by atoms with van der Waals surface area (Å²) in [5.74, 6) is 0. The van der Waals surface area contributed by atoms with E-state index in [-0.39, 0.29) is 0 Å². The molecule has 1 aromatic rings. The van der Waals surface area contributed by atoms with Crippen LogP contribution < -0.4 is 0 Å². The fourth-order valence-corrected chi connectivity index (χ4v) is 1.60. The first kappa shape index (κ1) is 7.87. The summed E-state index contributed by atoms with van der Waals surface area (Å²) in [6.45, 7) is 1.06. The maximum atomic E-state index is 2.42. The van der Waals surface area contributed by atoms with Crippen molar-refractivity contribution in [3.05, 3.63) is 24.0 Å². The summed E-state index contributed by atoms with van der Waals surface area (Å²) in [4.78, 5) is 2.22. The molecule has 0 amide bonds. The summed E-state index contributed by atoms with van der Waals surface area (Å²) < 4.78 is 2.42. The second kappa shape index (κ2) is 2.94. The van der Waals surface area contributed by atoms with Gasteiger partial charge in [-0.05, 0) is 39.1 Å². The molecule has 2 heteroatoms. The second-order valence-corrected chi connectivity index (χ2v) is 3.88. The molecular formula is C10H16N2. The molecule has 0 aliphatic heterocycles. The predicted molar refractivity (Wildman–Crippen MR) is 50.1 cm³/mol. The summed E-state index contributed by atoms with van der Waals surface area (Å²) in [5.41, 5.74) is 1.45. The fraction of sp³-hybridized carbons (Fsp3) is 0.600. The second-order valence-electron chi connectivity index (χ2n) is 3.88. The van der Waals surface area contributed by atoms with E-state index in [9.17, 15) is 0 Å². The number of rotatable bonds is 3. The average molecular weight is 164 g/mol. The predicted octanol–water partition coefficient (Wildman–Crippen LogP) is 1.88. The molecule has 1 heterocycles. The maximum absolute atomic E-state index is 2.42. The Labute approximate surface area is 73.8 Å². The molecule has 0 atom stereocenters. The van der Waals surface area contributed by atoms with Crippen LogP contribution >= 0.6 is 0 Å². The number of nitrogens with zero attached hydrogens (tertiary/aromatic N) is 2. The average Bonchev–Trinajstić information content (AvgIpc) is 2.73. The van der Waals surface area contributed by atoms with Gasteiger partial charge < -0.3 is 9.47 Å². The van der Waals surface area contributed by atoms with Crippen molar-refractivity contribution in [3.8, 4) is 0 Å². The lowest BCUT2D eigenvalue weighted by molar-refractivity contribution is 0.387. The van der Waals surface area contributed by atoms with Gasteiger partial charge in [-0.2, -0.15) is 0 Å². The van der Waals surface area contributed by atoms with Crippen molar-refractivity contribution in [1.82, 2.24) is 9.47 Å². The van der Waals surface area contributed by atoms with Gasteiger partial charge in [-0.15, -0.1) is 0 Å². The van der Waals surface area contributed by atoms with Crippen molar-refractivity contribution < 1.29 is 0 Å². The van der Waals surface area contributed by atoms with E-state index in [1.165, 1.54) is 18.5 Å². The molecule has 1 fully saturated rings. The summed E-state index contributed by atoms with van der Waals surface area (Å²) in [7, 11) is 4.23. The Hall–Kier alpha value is -0.760. The monoisotopic (exact) mass is 164 g/mol. The topological polar surface area (TPSA) is 8.17 Å². The minimum absolute atomic E-state index is 0.815. The summed E-state index contributed by atoms with van der Waals surface area (Å²) in [6, 6.07) is 5.19. The zero-order valence-electron chi connectivity index (χ0n) is 7.83. The zero-order valence-corrected chi connectivity index (χ0v) is 7.83. The number of hydrogen-bond acceptors (Lipinski definition) is 1. The van der Waals surface area contributed by atoms with Crippen LogP contribution in [0.25, 0.3) is 0 Å². The summed E-state index contributed by atoms with van der Waals surface area (Å²) >= 11 is 0. The first-order chi connectivity index (χ1) is 5.77. The standard InChI is InChI=1S/C10H16N2/c1-11(2)8-10-4-3-7-12(10)9-5-6-9/h3-4,7,9H,5-6,8H2,1-2H3. The Morgan fingerprint density at radius 3 is 2.83 bits per heavy atom. The van der Waals surface area contributed by atoms with Crippen molar-refractivity contribution >= 4 is 0 Å². The molecule has 0 bridgehead atoms. The van der Waals surface area contributed by atoms with E-state index < -0.39 is 0 Å². The molecule has 0 N–H and O–H groups in total. The lowest BCUT2D eigenvalue weighted by Gasteiger charge is -2.12. The van der Waals surface area contributed by atoms with Gasteiger partial charge in [0.1, 0.15) is 0 Å². The normalized spacial score (nSPS) is 17.2. The minimum atomic E-state index is 0.815. The number of aromatic nitrogens is 1. The number of hydrogen-bond donors (Lipinski definition) is 0. The first-order valence-electron chi connectivity index (χ1n) is 4.58. The quantitative estimate of drug-likeness (QED) is 0.662. The molecule has 0 unspecified atom stereocenters. The molecular weight excluding hydrogens is 148 g/mol. The van der Waals surface area contributed by atoms with Crippen LogP contribution in [0.15, 0.2) is 18.3 Å². The highest BCUT2D eigenvalue weighted by Gasteiger charge is 2.24. The lowest BCUT2D eigenvalue weighted by Crippen LogP contribution is -2.13. The Morgan fingerprint density at radius 1 is 1.50 bits per heavy atom. The van der Waals surface area contributed by atoms with E-state index in [0.29, 0.717) is 0 Å². The Kier molecular flexibility index (Phi) is 1.93. The van der Waals surface area contributed by atoms with Crippen molar-refractivity contribution in [2.24, 2.45) is 0 Å². The highest BCUT2D eigenvalue weighted by Crippen LogP contribution is 2.36. The van der Waals surface area contributed by atoms with Gasteiger partial charge in [-0.3, -0.25) is 0 Å². The molecule has 1 aliphatic rings. The lowest BCUT2D eigenvalue weighted by atomic mass is 10.4. The van der Waals surface area contributed by atoms with Crippen LogP contribution in [0.4, 0.5) is 0 Å². The van der Waals surface area contributed by atoms with Gasteiger partial charge in [-0.25, -0.2) is 0 Å². The van der Waals surface area contributed by atoms with Crippen molar-refractivity contribution in [2.45, 2.75) is 25.4 Å². The fourth-order valence-electron chi connectivity index (χ4n) is 1.60. The van der Waals surface area contributed by atoms with E-state index >= 15 is 0 Å². The summed E-state index contributed by atoms with van der Waals surface area (Å²) in [6.07, 6.45) is 4.95. The molecule has 0 saturated heterocycles. The third kappa shape index (κ3) is 1.53. The molecule has 1 aliphatic carbocycles. The van der Waals surface area contributed by atoms with Crippen LogP contribution in [0.3, 0.4) is 0 Å². The van der Waals surface area contributed by atoms with Gasteiger partial charge >= 0.3 is 0 Å². The SMILES string of the molecule is CN(C)Cc1cccn1C1CC1. The van der Waals surface area contributed by atoms with Crippen LogP contribution in [0.2, 0.25) is 0 Å². The van der Waals surface area contributed by atoms with E-state index in [2.05, 4.69) is 41.9 Å². The van der Waals surface area contributed by atoms with E-state index in [4.69, 9.17) is 0 Å². The van der Waals surface area contributed by atoms with Crippen LogP contribution in [0, 0.1) is 0 Å². The van der Waals surface area contributed by atoms with Gasteiger partial charge in [-0.1, -0.05) is 0 Å². The first-order valence-corrected chi connectivity index (χ1v) is 4.58. The largest absolute Gasteiger partial charge is 0.347 e. The Bertz CT molecular complexity index is 259. The molecule has 1 saturated carbocycles. The molecule has 0 aromatic carbocycles. The Balaban J connectivity index is 2.13. The third-order valence-corrected chi connectivity index (χ3v) is 2.29. The molecule has 1 aromatic heterocycles. The maximum Gasteiger partial charge on any atom is 0.0381 e. The van der Waals surface area contributed by atoms with Crippen LogP contribution in [-0.2, 0) is 6.54 Å². The van der Waals surface area contributed by atoms with Crippen molar-refractivity contribution in [1.29, 1.82) is 0 Å². The zero-order chi connectivity index (χ0) is 8.55. The van der Waals surface area contributed by atoms with E-state index in [1.54, 1.807) is 0 Å². The van der Waals surface area contributed by atoms with Gasteiger partial charge in [0.2, 0.25) is 0 Å². The summed E-state index contributed by atoms with van der Waals surface area (Å²) in [5, 5.41) is 0. The molecule has 66 valence electrons. The smallest absolute Gasteiger partial charge is 0.0381 e. The molecule has 2 rings (SSSR count). The Morgan fingerprint density at radius 2 is 2.25 bits per heavy atom. The molecule has 2 nitrogen and oxygen atoms in total. The van der Waals surface area contributed by atoms with E-state index in [0.717, 1.165) is 12.6 Å². The van der Waals surface area contributed by atoms with Crippen LogP contribution in [-0.4, -0.2) is 23.6 Å². The van der Waals surface area contributed by atoms with Gasteiger partial charge in [0.25, 0.3) is 0 Å². The van der Waals surface area contributed by atoms with Gasteiger partial charge in [0.15, 0.2) is 0 Å². The van der Waals surface area contributed by atoms with Gasteiger partial charge in [0.05, 0.1) is 0 Å². The minimum Gasteiger partial charge on any atom is -0.347 e. The highest BCUT2D eigenvalue weighted by molar-refractivity contribution is 5.10. The molecule has 12 heavy (non-hydrogen) atoms. The van der Waals surface area contributed by atoms with Gasteiger partial charge in [0, 0.05) is 24.5 Å². The highest BCUT2D eigenvalue weighted by atomic mass is 15.1. The third-order valence-electron chi connectivity index (χ3n) is 2.29. The van der Waals surface area contributed by atoms with Crippen LogP contribution in [0.1, 0.15) is 24.6 Å². The van der Waals surface area contributed by atoms with Crippen molar-refractivity contribution in [2.75, 3.05) is 14.1 Å². The molecule has 0 radical (unpaired) electrons. The van der Waals surface area contributed by atoms with Crippen molar-refractivity contribution in [3.63, 3.8) is 0 Å².